The van der Waals surface area contributed by atoms with Crippen LogP contribution in [0.3, 0.4) is 0 Å². The van der Waals surface area contributed by atoms with Crippen molar-refractivity contribution in [2.24, 2.45) is 0 Å². The maximum atomic E-state index is 13.0. The highest BCUT2D eigenvalue weighted by atomic mass is 35.5. The van der Waals surface area contributed by atoms with Gasteiger partial charge in [0, 0.05) is 18.0 Å². The predicted octanol–water partition coefficient (Wildman–Crippen LogP) is 2.48. The van der Waals surface area contributed by atoms with Crippen molar-refractivity contribution in [1.82, 2.24) is 0 Å². The number of amides is 1. The van der Waals surface area contributed by atoms with Crippen LogP contribution in [-0.4, -0.2) is 22.9 Å². The first-order valence-electron chi connectivity index (χ1n) is 4.93. The van der Waals surface area contributed by atoms with Crippen molar-refractivity contribution in [1.29, 1.82) is 0 Å². The fraction of sp³-hybridized carbons (Fsp3) is 0.273. The summed E-state index contributed by atoms with van der Waals surface area (Å²) in [5.74, 6) is -2.12. The van der Waals surface area contributed by atoms with Gasteiger partial charge in [0.05, 0.1) is 5.56 Å². The summed E-state index contributed by atoms with van der Waals surface area (Å²) in [7, 11) is 0. The van der Waals surface area contributed by atoms with E-state index in [0.29, 0.717) is 12.3 Å². The monoisotopic (exact) mass is 259 g/mol. The number of hydrogen-bond donors (Lipinski definition) is 2. The fourth-order valence-electron chi connectivity index (χ4n) is 1.22. The molecule has 0 aromatic heterocycles. The number of nitrogens with one attached hydrogen (secondary N) is 1. The Kier molecular flexibility index (Phi) is 4.90. The zero-order valence-corrected chi connectivity index (χ0v) is 9.63. The summed E-state index contributed by atoms with van der Waals surface area (Å²) in [4.78, 5) is 22.0. The number of alkyl halides is 1. The minimum absolute atomic E-state index is 0.239. The molecule has 92 valence electrons. The van der Waals surface area contributed by atoms with Crippen molar-refractivity contribution >= 4 is 29.2 Å². The summed E-state index contributed by atoms with van der Waals surface area (Å²) in [6, 6.07) is 3.39. The lowest BCUT2D eigenvalue weighted by Crippen LogP contribution is -2.12. The van der Waals surface area contributed by atoms with Gasteiger partial charge in [0.25, 0.3) is 0 Å². The highest BCUT2D eigenvalue weighted by molar-refractivity contribution is 6.18. The van der Waals surface area contributed by atoms with E-state index in [1.54, 1.807) is 0 Å². The molecule has 0 bridgehead atoms. The number of carboxylic acid groups (broad SMARTS) is 1. The third-order valence-corrected chi connectivity index (χ3v) is 2.29. The summed E-state index contributed by atoms with van der Waals surface area (Å²) in [5, 5.41) is 11.2. The summed E-state index contributed by atoms with van der Waals surface area (Å²) in [6.45, 7) is 0. The maximum absolute atomic E-state index is 13.0. The second-order valence-electron chi connectivity index (χ2n) is 3.34. The van der Waals surface area contributed by atoms with Crippen molar-refractivity contribution in [3.05, 3.63) is 29.6 Å². The summed E-state index contributed by atoms with van der Waals surface area (Å²) in [6.07, 6.45) is 0.768. The van der Waals surface area contributed by atoms with E-state index < -0.39 is 17.3 Å². The van der Waals surface area contributed by atoms with E-state index in [1.807, 2.05) is 0 Å². The molecule has 0 aliphatic rings. The van der Waals surface area contributed by atoms with Crippen molar-refractivity contribution in [2.75, 3.05) is 11.2 Å². The van der Waals surface area contributed by atoms with E-state index >= 15 is 0 Å². The Morgan fingerprint density at radius 3 is 2.71 bits per heavy atom. The second-order valence-corrected chi connectivity index (χ2v) is 3.72. The van der Waals surface area contributed by atoms with Gasteiger partial charge in [-0.1, -0.05) is 0 Å². The van der Waals surface area contributed by atoms with Crippen LogP contribution < -0.4 is 5.32 Å². The van der Waals surface area contributed by atoms with Crippen LogP contribution in [0.4, 0.5) is 10.1 Å². The average molecular weight is 260 g/mol. The van der Waals surface area contributed by atoms with Crippen LogP contribution in [0.2, 0.25) is 0 Å². The number of anilines is 1. The number of benzene rings is 1. The van der Waals surface area contributed by atoms with Crippen molar-refractivity contribution < 1.29 is 19.1 Å². The van der Waals surface area contributed by atoms with Crippen LogP contribution in [0.1, 0.15) is 23.2 Å². The largest absolute Gasteiger partial charge is 0.478 e. The zero-order valence-electron chi connectivity index (χ0n) is 8.87. The van der Waals surface area contributed by atoms with Crippen LogP contribution in [0.5, 0.6) is 0 Å². The molecule has 0 radical (unpaired) electrons. The van der Waals surface area contributed by atoms with Gasteiger partial charge >= 0.3 is 5.97 Å². The number of hydrogen-bond acceptors (Lipinski definition) is 2. The molecule has 6 heteroatoms. The highest BCUT2D eigenvalue weighted by Crippen LogP contribution is 2.15. The van der Waals surface area contributed by atoms with Gasteiger partial charge in [0.2, 0.25) is 5.91 Å². The van der Waals surface area contributed by atoms with E-state index in [1.165, 1.54) is 6.07 Å². The Labute approximate surface area is 102 Å². The number of aromatic carboxylic acids is 1. The Balaban J connectivity index is 2.75. The van der Waals surface area contributed by atoms with Crippen LogP contribution in [-0.2, 0) is 4.79 Å². The number of carboxylic acids is 1. The van der Waals surface area contributed by atoms with Crippen LogP contribution in [0.15, 0.2) is 18.2 Å². The van der Waals surface area contributed by atoms with Gasteiger partial charge in [0.1, 0.15) is 5.82 Å². The van der Waals surface area contributed by atoms with Gasteiger partial charge in [-0.3, -0.25) is 4.79 Å². The van der Waals surface area contributed by atoms with Crippen molar-refractivity contribution in [3.8, 4) is 0 Å². The fourth-order valence-corrected chi connectivity index (χ4v) is 1.35. The molecule has 2 N–H and O–H groups in total. The number of rotatable bonds is 5. The molecule has 0 atom stereocenters. The van der Waals surface area contributed by atoms with Gasteiger partial charge in [-0.2, -0.15) is 0 Å². The van der Waals surface area contributed by atoms with Gasteiger partial charge in [-0.25, -0.2) is 9.18 Å². The topological polar surface area (TPSA) is 66.4 Å². The standard InChI is InChI=1S/C11H11ClFNO3/c12-5-1-2-10(15)14-7-3-4-9(13)8(6-7)11(16)17/h3-4,6H,1-2,5H2,(H,14,15)(H,16,17). The number of halogens is 2. The number of carbonyl (C=O) groups excluding carboxylic acids is 1. The third-order valence-electron chi connectivity index (χ3n) is 2.02. The lowest BCUT2D eigenvalue weighted by molar-refractivity contribution is -0.116. The van der Waals surface area contributed by atoms with Crippen LogP contribution in [0, 0.1) is 5.82 Å². The van der Waals surface area contributed by atoms with Crippen molar-refractivity contribution in [2.45, 2.75) is 12.8 Å². The van der Waals surface area contributed by atoms with E-state index in [2.05, 4.69) is 5.32 Å². The number of carbonyl (C=O) groups is 2. The van der Waals surface area contributed by atoms with Gasteiger partial charge in [-0.05, 0) is 24.6 Å². The molecule has 1 amide bonds. The van der Waals surface area contributed by atoms with Crippen LogP contribution >= 0.6 is 11.6 Å². The van der Waals surface area contributed by atoms with E-state index in [4.69, 9.17) is 16.7 Å². The highest BCUT2D eigenvalue weighted by Gasteiger charge is 2.11. The molecular formula is C11H11ClFNO3. The van der Waals surface area contributed by atoms with E-state index in [0.717, 1.165) is 12.1 Å². The Bertz CT molecular complexity index is 437. The molecule has 1 aromatic rings. The van der Waals surface area contributed by atoms with E-state index in [-0.39, 0.29) is 18.0 Å². The maximum Gasteiger partial charge on any atom is 0.338 e. The molecule has 1 rings (SSSR count). The van der Waals surface area contributed by atoms with E-state index in [9.17, 15) is 14.0 Å². The molecule has 0 saturated heterocycles. The lowest BCUT2D eigenvalue weighted by atomic mass is 10.2. The predicted molar refractivity (Wildman–Crippen MR) is 61.9 cm³/mol. The second kappa shape index (κ2) is 6.20. The van der Waals surface area contributed by atoms with Gasteiger partial charge < -0.3 is 10.4 Å². The minimum atomic E-state index is -1.38. The Hall–Kier alpha value is -1.62. The molecular weight excluding hydrogens is 249 g/mol. The smallest absolute Gasteiger partial charge is 0.338 e. The summed E-state index contributed by atoms with van der Waals surface area (Å²) >= 11 is 5.43. The molecule has 0 aliphatic heterocycles. The average Bonchev–Trinajstić information content (AvgIpc) is 2.28. The first kappa shape index (κ1) is 13.4. The molecule has 17 heavy (non-hydrogen) atoms. The Morgan fingerprint density at radius 1 is 1.41 bits per heavy atom. The molecule has 0 unspecified atom stereocenters. The molecule has 0 heterocycles. The molecule has 4 nitrogen and oxygen atoms in total. The van der Waals surface area contributed by atoms with Gasteiger partial charge in [-0.15, -0.1) is 11.6 Å². The normalized spacial score (nSPS) is 10.0. The summed E-state index contributed by atoms with van der Waals surface area (Å²) < 4.78 is 13.0. The SMILES string of the molecule is O=C(CCCCl)Nc1ccc(F)c(C(=O)O)c1. The molecule has 0 saturated carbocycles. The van der Waals surface area contributed by atoms with Crippen molar-refractivity contribution in [3.63, 3.8) is 0 Å². The zero-order chi connectivity index (χ0) is 12.8. The Morgan fingerprint density at radius 2 is 2.12 bits per heavy atom. The summed E-state index contributed by atoms with van der Waals surface area (Å²) in [5.41, 5.74) is -0.219. The molecule has 0 fully saturated rings. The van der Waals surface area contributed by atoms with Gasteiger partial charge in [0.15, 0.2) is 0 Å². The first-order valence-corrected chi connectivity index (χ1v) is 5.46. The molecule has 0 aliphatic carbocycles. The third kappa shape index (κ3) is 4.03. The lowest BCUT2D eigenvalue weighted by Gasteiger charge is -2.06. The van der Waals surface area contributed by atoms with Crippen LogP contribution in [0.25, 0.3) is 0 Å². The quantitative estimate of drug-likeness (QED) is 0.799. The molecule has 1 aromatic carbocycles. The first-order chi connectivity index (χ1) is 8.04. The molecule has 0 spiro atoms. The minimum Gasteiger partial charge on any atom is -0.478 e.